The molecule has 122 valence electrons. The fourth-order valence-electron chi connectivity index (χ4n) is 2.89. The fraction of sp³-hybridized carbons (Fsp3) is 0.188. The lowest BCUT2D eigenvalue weighted by atomic mass is 9.98. The molecule has 0 saturated carbocycles. The lowest BCUT2D eigenvalue weighted by molar-refractivity contribution is 0.631. The minimum atomic E-state index is -0.449. The summed E-state index contributed by atoms with van der Waals surface area (Å²) in [7, 11) is 1.78. The number of halogens is 2. The summed E-state index contributed by atoms with van der Waals surface area (Å²) in [5.74, 6) is 1.74. The molecule has 0 radical (unpaired) electrons. The van der Waals surface area contributed by atoms with Crippen LogP contribution in [0.2, 0.25) is 0 Å². The van der Waals surface area contributed by atoms with Crippen LogP contribution in [-0.4, -0.2) is 35.9 Å². The summed E-state index contributed by atoms with van der Waals surface area (Å²) in [4.78, 5) is 15.5. The number of nitrogens with zero attached hydrogens (tertiary/aromatic N) is 4. The van der Waals surface area contributed by atoms with Crippen LogP contribution in [-0.2, 0) is 0 Å². The second-order valence-corrected chi connectivity index (χ2v) is 6.35. The van der Waals surface area contributed by atoms with Crippen LogP contribution in [0.5, 0.6) is 0 Å². The van der Waals surface area contributed by atoms with Crippen molar-refractivity contribution in [2.75, 3.05) is 36.1 Å². The number of hydrogen-bond donors (Lipinski definition) is 2. The maximum atomic E-state index is 13.7. The van der Waals surface area contributed by atoms with Gasteiger partial charge in [-0.25, -0.2) is 9.37 Å². The Hall–Kier alpha value is -2.48. The topological polar surface area (TPSA) is 79.4 Å². The Morgan fingerprint density at radius 3 is 3.00 bits per heavy atom. The monoisotopic (exact) mass is 388 g/mol. The van der Waals surface area contributed by atoms with Gasteiger partial charge in [0.15, 0.2) is 0 Å². The van der Waals surface area contributed by atoms with Gasteiger partial charge in [-0.3, -0.25) is 4.99 Å². The molecule has 3 heterocycles. The summed E-state index contributed by atoms with van der Waals surface area (Å²) in [6.07, 6.45) is 3.73. The maximum absolute atomic E-state index is 13.7. The third-order valence-electron chi connectivity index (χ3n) is 4.03. The number of nitrogens with two attached hydrogens (primary N) is 1. The third-order valence-corrected chi connectivity index (χ3v) is 4.69. The van der Waals surface area contributed by atoms with Crippen molar-refractivity contribution in [1.29, 1.82) is 0 Å². The first-order chi connectivity index (χ1) is 11.6. The molecule has 1 aromatic carbocycles. The van der Waals surface area contributed by atoms with E-state index in [9.17, 15) is 4.39 Å². The maximum Gasteiger partial charge on any atom is 0.224 e. The molecule has 0 amide bonds. The van der Waals surface area contributed by atoms with Crippen LogP contribution in [0.3, 0.4) is 0 Å². The molecule has 0 unspecified atom stereocenters. The molecule has 2 aliphatic rings. The molecule has 0 fully saturated rings. The van der Waals surface area contributed by atoms with E-state index in [1.807, 2.05) is 6.08 Å². The Bertz CT molecular complexity index is 908. The van der Waals surface area contributed by atoms with E-state index in [0.717, 1.165) is 34.9 Å². The Kier molecular flexibility index (Phi) is 3.49. The minimum absolute atomic E-state index is 0.104. The number of amidine groups is 1. The zero-order valence-electron chi connectivity index (χ0n) is 12.8. The number of hydrogen-bond acceptors (Lipinski definition) is 6. The van der Waals surface area contributed by atoms with Gasteiger partial charge in [-0.05, 0) is 18.2 Å². The van der Waals surface area contributed by atoms with Crippen molar-refractivity contribution in [3.63, 3.8) is 0 Å². The van der Waals surface area contributed by atoms with Crippen LogP contribution < -0.4 is 16.0 Å². The van der Waals surface area contributed by atoms with E-state index in [0.29, 0.717) is 17.0 Å². The predicted molar refractivity (Wildman–Crippen MR) is 97.6 cm³/mol. The molecular formula is C16H14BrFN6. The molecule has 8 heteroatoms. The van der Waals surface area contributed by atoms with E-state index in [1.54, 1.807) is 19.3 Å². The third kappa shape index (κ3) is 2.25. The van der Waals surface area contributed by atoms with E-state index in [2.05, 4.69) is 41.1 Å². The first kappa shape index (κ1) is 15.1. The smallest absolute Gasteiger partial charge is 0.224 e. The first-order valence-electron chi connectivity index (χ1n) is 7.42. The van der Waals surface area contributed by atoms with E-state index >= 15 is 0 Å². The number of nitrogen functional groups attached to an aromatic ring is 1. The van der Waals surface area contributed by atoms with Gasteiger partial charge in [0.25, 0.3) is 0 Å². The number of fused-ring (bicyclic) bond motifs is 3. The fourth-order valence-corrected chi connectivity index (χ4v) is 3.42. The second-order valence-electron chi connectivity index (χ2n) is 5.49. The molecule has 0 spiro atoms. The van der Waals surface area contributed by atoms with Crippen LogP contribution in [0.4, 0.5) is 21.8 Å². The van der Waals surface area contributed by atoms with Crippen molar-refractivity contribution in [3.05, 3.63) is 39.7 Å². The summed E-state index contributed by atoms with van der Waals surface area (Å²) in [6, 6.07) is 3.00. The Morgan fingerprint density at radius 1 is 1.38 bits per heavy atom. The minimum Gasteiger partial charge on any atom is -0.396 e. The molecule has 1 aromatic heterocycles. The highest BCUT2D eigenvalue weighted by Gasteiger charge is 2.31. The number of anilines is 3. The Morgan fingerprint density at radius 2 is 2.21 bits per heavy atom. The average Bonchev–Trinajstić information content (AvgIpc) is 3.07. The molecule has 6 nitrogen and oxygen atoms in total. The highest BCUT2D eigenvalue weighted by Crippen LogP contribution is 2.38. The Balaban J connectivity index is 1.92. The van der Waals surface area contributed by atoms with Crippen molar-refractivity contribution < 1.29 is 4.39 Å². The Labute approximate surface area is 146 Å². The van der Waals surface area contributed by atoms with Crippen LogP contribution in [0, 0.1) is 5.82 Å². The molecular weight excluding hydrogens is 375 g/mol. The molecule has 0 saturated heterocycles. The van der Waals surface area contributed by atoms with Crippen LogP contribution >= 0.6 is 15.9 Å². The molecule has 0 bridgehead atoms. The van der Waals surface area contributed by atoms with Crippen molar-refractivity contribution >= 4 is 50.9 Å². The van der Waals surface area contributed by atoms with Gasteiger partial charge in [0.05, 0.1) is 12.2 Å². The largest absolute Gasteiger partial charge is 0.396 e. The first-order valence-corrected chi connectivity index (χ1v) is 8.21. The molecule has 2 aromatic rings. The number of aromatic nitrogens is 2. The van der Waals surface area contributed by atoms with Gasteiger partial charge in [-0.2, -0.15) is 4.98 Å². The van der Waals surface area contributed by atoms with Crippen molar-refractivity contribution in [2.45, 2.75) is 0 Å². The van der Waals surface area contributed by atoms with Crippen molar-refractivity contribution in [3.8, 4) is 0 Å². The number of aliphatic imine (C=N–C) groups is 1. The zero-order valence-corrected chi connectivity index (χ0v) is 14.4. The van der Waals surface area contributed by atoms with Gasteiger partial charge in [0.2, 0.25) is 5.95 Å². The molecule has 0 aliphatic carbocycles. The molecule has 0 atom stereocenters. The van der Waals surface area contributed by atoms with Crippen LogP contribution in [0.25, 0.3) is 11.6 Å². The van der Waals surface area contributed by atoms with E-state index in [1.165, 1.54) is 6.07 Å². The average molecular weight is 389 g/mol. The molecule has 2 aliphatic heterocycles. The summed E-state index contributed by atoms with van der Waals surface area (Å²) >= 11 is 3.43. The molecule has 24 heavy (non-hydrogen) atoms. The molecule has 3 N–H and O–H groups in total. The number of nitrogens with one attached hydrogen (secondary N) is 1. The van der Waals surface area contributed by atoms with E-state index in [4.69, 9.17) is 5.73 Å². The van der Waals surface area contributed by atoms with Crippen molar-refractivity contribution in [2.24, 2.45) is 4.99 Å². The standard InChI is InChI=1S/C16H14BrFN6/c1-20-16-22-7-8-4-10(9-5-13(19)12(18)6-11(9)17)15-21-2-3-24(15)14(8)23-16/h4-7H,2-3,19H2,1H3,(H,20,22,23). The normalized spacial score (nSPS) is 15.5. The van der Waals surface area contributed by atoms with Gasteiger partial charge in [-0.15, -0.1) is 0 Å². The van der Waals surface area contributed by atoms with Gasteiger partial charge in [0, 0.05) is 41.0 Å². The van der Waals surface area contributed by atoms with Gasteiger partial charge < -0.3 is 16.0 Å². The lowest BCUT2D eigenvalue weighted by Gasteiger charge is -2.28. The highest BCUT2D eigenvalue weighted by molar-refractivity contribution is 9.10. The molecule has 4 rings (SSSR count). The summed E-state index contributed by atoms with van der Waals surface area (Å²) in [5, 5.41) is 2.95. The van der Waals surface area contributed by atoms with Crippen LogP contribution in [0.1, 0.15) is 11.1 Å². The number of rotatable bonds is 2. The zero-order chi connectivity index (χ0) is 16.8. The predicted octanol–water partition coefficient (Wildman–Crippen LogP) is 2.77. The highest BCUT2D eigenvalue weighted by atomic mass is 79.9. The van der Waals surface area contributed by atoms with Gasteiger partial charge in [0.1, 0.15) is 17.5 Å². The SMILES string of the molecule is CNc1ncc2c(n1)N1CCN=C1C(c1cc(N)c(F)cc1Br)=C2. The lowest BCUT2D eigenvalue weighted by Crippen LogP contribution is -2.32. The van der Waals surface area contributed by atoms with Gasteiger partial charge >= 0.3 is 0 Å². The quantitative estimate of drug-likeness (QED) is 0.773. The summed E-state index contributed by atoms with van der Waals surface area (Å²) in [6.45, 7) is 1.42. The van der Waals surface area contributed by atoms with Crippen molar-refractivity contribution in [1.82, 2.24) is 9.97 Å². The second kappa shape index (κ2) is 5.55. The number of benzene rings is 1. The van der Waals surface area contributed by atoms with E-state index in [-0.39, 0.29) is 5.69 Å². The summed E-state index contributed by atoms with van der Waals surface area (Å²) in [5.41, 5.74) is 8.42. The summed E-state index contributed by atoms with van der Waals surface area (Å²) < 4.78 is 14.3. The van der Waals surface area contributed by atoms with Crippen LogP contribution in [0.15, 0.2) is 27.8 Å². The van der Waals surface area contributed by atoms with E-state index < -0.39 is 5.82 Å². The van der Waals surface area contributed by atoms with Gasteiger partial charge in [-0.1, -0.05) is 15.9 Å².